The number of carbonyl (C=O) groups is 1. The maximum atomic E-state index is 12.5. The molecule has 0 atom stereocenters. The van der Waals surface area contributed by atoms with Gasteiger partial charge in [0.05, 0.1) is 13.7 Å². The van der Waals surface area contributed by atoms with E-state index in [1.807, 2.05) is 24.3 Å². The lowest BCUT2D eigenvalue weighted by Gasteiger charge is -2.18. The molecule has 1 amide bonds. The molecule has 0 bridgehead atoms. The number of aliphatic imine (C=N–C) groups is 1. The van der Waals surface area contributed by atoms with Crippen LogP contribution in [0.1, 0.15) is 15.9 Å². The maximum Gasteiger partial charge on any atom is 0.253 e. The lowest BCUT2D eigenvalue weighted by Crippen LogP contribution is -2.26. The van der Waals surface area contributed by atoms with Crippen molar-refractivity contribution in [2.45, 2.75) is 6.54 Å². The fourth-order valence-electron chi connectivity index (χ4n) is 2.61. The Morgan fingerprint density at radius 1 is 1.20 bits per heavy atom. The molecule has 1 aliphatic heterocycles. The van der Waals surface area contributed by atoms with Crippen LogP contribution in [0.3, 0.4) is 0 Å². The van der Waals surface area contributed by atoms with Gasteiger partial charge in [-0.1, -0.05) is 12.1 Å². The minimum absolute atomic E-state index is 0.0191. The highest BCUT2D eigenvalue weighted by Crippen LogP contribution is 2.15. The number of hydrogen-bond donors (Lipinski definition) is 2. The molecule has 0 unspecified atom stereocenters. The number of hydrogen-bond acceptors (Lipinski definition) is 5. The van der Waals surface area contributed by atoms with Crippen LogP contribution in [0.2, 0.25) is 0 Å². The molecule has 1 aliphatic rings. The van der Waals surface area contributed by atoms with Crippen molar-refractivity contribution in [1.29, 1.82) is 0 Å². The summed E-state index contributed by atoms with van der Waals surface area (Å²) in [6, 6.07) is 15.1. The molecule has 0 spiro atoms. The van der Waals surface area contributed by atoms with Gasteiger partial charge in [0, 0.05) is 31.4 Å². The zero-order valence-electron chi connectivity index (χ0n) is 14.5. The SMILES string of the molecule is COc1ccc(C(=O)N(C)Cc2ccc(NC3=NCCN3)cc2)cc1. The van der Waals surface area contributed by atoms with Crippen molar-refractivity contribution >= 4 is 17.6 Å². The van der Waals surface area contributed by atoms with E-state index in [2.05, 4.69) is 15.6 Å². The standard InChI is InChI=1S/C19H22N4O2/c1-23(18(24)15-5-9-17(25-2)10-6-15)13-14-3-7-16(8-4-14)22-19-20-11-12-21-19/h3-10H,11-13H2,1-2H3,(H2,20,21,22). The minimum Gasteiger partial charge on any atom is -0.497 e. The Morgan fingerprint density at radius 3 is 2.52 bits per heavy atom. The summed E-state index contributed by atoms with van der Waals surface area (Å²) < 4.78 is 5.12. The number of nitrogens with zero attached hydrogens (tertiary/aromatic N) is 2. The Balaban J connectivity index is 1.59. The van der Waals surface area contributed by atoms with Gasteiger partial charge in [0.25, 0.3) is 5.91 Å². The first-order chi connectivity index (χ1) is 12.2. The van der Waals surface area contributed by atoms with Crippen LogP contribution in [-0.2, 0) is 6.54 Å². The summed E-state index contributed by atoms with van der Waals surface area (Å²) in [5, 5.41) is 6.40. The van der Waals surface area contributed by atoms with Crippen molar-refractivity contribution in [3.63, 3.8) is 0 Å². The van der Waals surface area contributed by atoms with E-state index in [-0.39, 0.29) is 5.91 Å². The molecular weight excluding hydrogens is 316 g/mol. The summed E-state index contributed by atoms with van der Waals surface area (Å²) >= 11 is 0. The lowest BCUT2D eigenvalue weighted by molar-refractivity contribution is 0.0785. The van der Waals surface area contributed by atoms with Crippen LogP contribution in [0.4, 0.5) is 5.69 Å². The molecule has 2 N–H and O–H groups in total. The first kappa shape index (κ1) is 16.8. The number of anilines is 1. The van der Waals surface area contributed by atoms with Gasteiger partial charge in [-0.25, -0.2) is 0 Å². The molecule has 2 aromatic rings. The van der Waals surface area contributed by atoms with Crippen LogP contribution in [0, 0.1) is 0 Å². The predicted molar refractivity (Wildman–Crippen MR) is 99.2 cm³/mol. The summed E-state index contributed by atoms with van der Waals surface area (Å²) in [6.07, 6.45) is 0. The monoisotopic (exact) mass is 338 g/mol. The molecule has 0 saturated heterocycles. The maximum absolute atomic E-state index is 12.5. The van der Waals surface area contributed by atoms with Gasteiger partial charge in [-0.05, 0) is 42.0 Å². The van der Waals surface area contributed by atoms with Gasteiger partial charge >= 0.3 is 0 Å². The molecule has 130 valence electrons. The normalized spacial score (nSPS) is 13.0. The average molecular weight is 338 g/mol. The van der Waals surface area contributed by atoms with Crippen LogP contribution < -0.4 is 15.4 Å². The highest BCUT2D eigenvalue weighted by atomic mass is 16.5. The van der Waals surface area contributed by atoms with Gasteiger partial charge in [-0.2, -0.15) is 0 Å². The summed E-state index contributed by atoms with van der Waals surface area (Å²) in [7, 11) is 3.41. The van der Waals surface area contributed by atoms with Crippen LogP contribution in [0.5, 0.6) is 5.75 Å². The van der Waals surface area contributed by atoms with Crippen LogP contribution in [0.25, 0.3) is 0 Å². The molecule has 3 rings (SSSR count). The van der Waals surface area contributed by atoms with E-state index in [0.717, 1.165) is 36.0 Å². The van der Waals surface area contributed by atoms with Crippen molar-refractivity contribution in [2.75, 3.05) is 32.6 Å². The smallest absolute Gasteiger partial charge is 0.253 e. The van der Waals surface area contributed by atoms with Gasteiger partial charge < -0.3 is 20.3 Å². The van der Waals surface area contributed by atoms with Crippen molar-refractivity contribution in [2.24, 2.45) is 4.99 Å². The molecule has 1 heterocycles. The number of carbonyl (C=O) groups excluding carboxylic acids is 1. The van der Waals surface area contributed by atoms with E-state index in [9.17, 15) is 4.79 Å². The second kappa shape index (κ2) is 7.70. The van der Waals surface area contributed by atoms with Gasteiger partial charge in [-0.3, -0.25) is 9.79 Å². The van der Waals surface area contributed by atoms with Crippen molar-refractivity contribution in [1.82, 2.24) is 10.2 Å². The van der Waals surface area contributed by atoms with Crippen LogP contribution >= 0.6 is 0 Å². The Morgan fingerprint density at radius 2 is 1.92 bits per heavy atom. The van der Waals surface area contributed by atoms with Gasteiger partial charge in [0.1, 0.15) is 5.75 Å². The van der Waals surface area contributed by atoms with Gasteiger partial charge in [0.2, 0.25) is 0 Å². The quantitative estimate of drug-likeness (QED) is 0.878. The fourth-order valence-corrected chi connectivity index (χ4v) is 2.61. The highest BCUT2D eigenvalue weighted by molar-refractivity contribution is 5.95. The Hall–Kier alpha value is -3.02. The summed E-state index contributed by atoms with van der Waals surface area (Å²) in [5.74, 6) is 1.53. The summed E-state index contributed by atoms with van der Waals surface area (Å²) in [6.45, 7) is 2.22. The first-order valence-corrected chi connectivity index (χ1v) is 8.19. The number of amides is 1. The number of benzene rings is 2. The molecule has 6 nitrogen and oxygen atoms in total. The third-order valence-corrected chi connectivity index (χ3v) is 3.99. The Kier molecular flexibility index (Phi) is 5.18. The summed E-state index contributed by atoms with van der Waals surface area (Å²) in [4.78, 5) is 18.5. The van der Waals surface area contributed by atoms with Crippen molar-refractivity contribution in [3.05, 3.63) is 59.7 Å². The fraction of sp³-hybridized carbons (Fsp3) is 0.263. The lowest BCUT2D eigenvalue weighted by atomic mass is 10.1. The molecule has 0 saturated carbocycles. The zero-order chi connectivity index (χ0) is 17.6. The second-order valence-corrected chi connectivity index (χ2v) is 5.87. The number of methoxy groups -OCH3 is 1. The number of rotatable bonds is 5. The van der Waals surface area contributed by atoms with E-state index < -0.39 is 0 Å². The number of nitrogens with one attached hydrogen (secondary N) is 2. The van der Waals surface area contributed by atoms with E-state index >= 15 is 0 Å². The second-order valence-electron chi connectivity index (χ2n) is 5.87. The minimum atomic E-state index is -0.0191. The van der Waals surface area contributed by atoms with E-state index in [1.165, 1.54) is 0 Å². The van der Waals surface area contributed by atoms with E-state index in [0.29, 0.717) is 12.1 Å². The van der Waals surface area contributed by atoms with Gasteiger partial charge in [-0.15, -0.1) is 0 Å². The molecular formula is C19H22N4O2. The number of guanidine groups is 1. The van der Waals surface area contributed by atoms with Crippen molar-refractivity contribution < 1.29 is 9.53 Å². The third kappa shape index (κ3) is 4.29. The van der Waals surface area contributed by atoms with Crippen molar-refractivity contribution in [3.8, 4) is 5.75 Å². The van der Waals surface area contributed by atoms with E-state index in [4.69, 9.17) is 4.74 Å². The largest absolute Gasteiger partial charge is 0.497 e. The van der Waals surface area contributed by atoms with Crippen LogP contribution in [-0.4, -0.2) is 44.0 Å². The molecule has 25 heavy (non-hydrogen) atoms. The predicted octanol–water partition coefficient (Wildman–Crippen LogP) is 2.34. The zero-order valence-corrected chi connectivity index (χ0v) is 14.5. The molecule has 2 aromatic carbocycles. The highest BCUT2D eigenvalue weighted by Gasteiger charge is 2.12. The molecule has 6 heteroatoms. The Labute approximate surface area is 147 Å². The number of ether oxygens (including phenoxy) is 1. The molecule has 0 radical (unpaired) electrons. The molecule has 0 fully saturated rings. The van der Waals surface area contributed by atoms with Gasteiger partial charge in [0.15, 0.2) is 5.96 Å². The third-order valence-electron chi connectivity index (χ3n) is 3.99. The molecule has 0 aromatic heterocycles. The summed E-state index contributed by atoms with van der Waals surface area (Å²) in [5.41, 5.74) is 2.68. The average Bonchev–Trinajstić information content (AvgIpc) is 3.16. The molecule has 0 aliphatic carbocycles. The van der Waals surface area contributed by atoms with E-state index in [1.54, 1.807) is 43.3 Å². The topological polar surface area (TPSA) is 66.0 Å². The first-order valence-electron chi connectivity index (χ1n) is 8.19. The van der Waals surface area contributed by atoms with Crippen LogP contribution in [0.15, 0.2) is 53.5 Å². The Bertz CT molecular complexity index is 754.